The van der Waals surface area contributed by atoms with Gasteiger partial charge in [0.2, 0.25) is 0 Å². The Balaban J connectivity index is 1.99. The highest BCUT2D eigenvalue weighted by molar-refractivity contribution is 7.16. The van der Waals surface area contributed by atoms with E-state index in [0.717, 1.165) is 15.3 Å². The number of nitrogens with one attached hydrogen (secondary N) is 2. The summed E-state index contributed by atoms with van der Waals surface area (Å²) in [6, 6.07) is 4.57. The van der Waals surface area contributed by atoms with Crippen LogP contribution in [0.1, 0.15) is 11.8 Å². The van der Waals surface area contributed by atoms with Gasteiger partial charge in [0.05, 0.1) is 4.34 Å². The van der Waals surface area contributed by atoms with E-state index in [-0.39, 0.29) is 11.6 Å². The fraction of sp³-hybridized carbons (Fsp3) is 0.308. The molecule has 0 aromatic carbocycles. The Morgan fingerprint density at radius 1 is 1.20 bits per heavy atom. The van der Waals surface area contributed by atoms with Crippen molar-refractivity contribution in [3.8, 4) is 0 Å². The first-order chi connectivity index (χ1) is 9.60. The molecule has 0 bridgehead atoms. The molecule has 0 saturated heterocycles. The lowest BCUT2D eigenvalue weighted by atomic mass is 10.3. The summed E-state index contributed by atoms with van der Waals surface area (Å²) >= 11 is 7.31. The summed E-state index contributed by atoms with van der Waals surface area (Å²) in [4.78, 5) is 5.00. The molecule has 2 heterocycles. The number of aromatic nitrogens is 1. The van der Waals surface area contributed by atoms with E-state index in [4.69, 9.17) is 11.6 Å². The molecule has 108 valence electrons. The normalized spacial score (nSPS) is 10.6. The number of rotatable bonds is 6. The van der Waals surface area contributed by atoms with Crippen LogP contribution >= 0.6 is 22.9 Å². The number of hydrogen-bond acceptors (Lipinski definition) is 4. The van der Waals surface area contributed by atoms with E-state index < -0.39 is 11.6 Å². The van der Waals surface area contributed by atoms with Crippen molar-refractivity contribution < 1.29 is 8.78 Å². The Bertz CT molecular complexity index is 589. The zero-order chi connectivity index (χ0) is 14.5. The van der Waals surface area contributed by atoms with E-state index in [9.17, 15) is 8.78 Å². The number of anilines is 2. The maximum atomic E-state index is 13.6. The van der Waals surface area contributed by atoms with E-state index in [1.807, 2.05) is 19.1 Å². The Morgan fingerprint density at radius 2 is 1.90 bits per heavy atom. The Hall–Kier alpha value is -1.40. The van der Waals surface area contributed by atoms with Gasteiger partial charge in [-0.15, -0.1) is 11.3 Å². The predicted molar refractivity (Wildman–Crippen MR) is 79.8 cm³/mol. The van der Waals surface area contributed by atoms with Crippen LogP contribution < -0.4 is 10.6 Å². The molecule has 20 heavy (non-hydrogen) atoms. The fourth-order valence-corrected chi connectivity index (χ4v) is 2.76. The van der Waals surface area contributed by atoms with Gasteiger partial charge >= 0.3 is 0 Å². The summed E-state index contributed by atoms with van der Waals surface area (Å²) < 4.78 is 27.7. The number of halogens is 3. The molecule has 0 fully saturated rings. The van der Waals surface area contributed by atoms with Crippen LogP contribution in [0.25, 0.3) is 0 Å². The lowest BCUT2D eigenvalue weighted by Gasteiger charge is -2.09. The Kier molecular flexibility index (Phi) is 5.14. The molecule has 0 saturated carbocycles. The summed E-state index contributed by atoms with van der Waals surface area (Å²) in [7, 11) is 0. The lowest BCUT2D eigenvalue weighted by Crippen LogP contribution is -2.10. The SMILES string of the molecule is CCNc1nc(NCCc2ccc(Cl)s2)c(F)cc1F. The Labute approximate surface area is 125 Å². The second-order valence-corrected chi connectivity index (χ2v) is 5.86. The molecule has 0 radical (unpaired) electrons. The van der Waals surface area contributed by atoms with E-state index in [1.165, 1.54) is 11.3 Å². The van der Waals surface area contributed by atoms with Crippen molar-refractivity contribution in [3.05, 3.63) is 39.0 Å². The van der Waals surface area contributed by atoms with Gasteiger partial charge < -0.3 is 10.6 Å². The minimum Gasteiger partial charge on any atom is -0.368 e. The molecule has 7 heteroatoms. The molecule has 0 aliphatic rings. The second-order valence-electron chi connectivity index (χ2n) is 4.06. The summed E-state index contributed by atoms with van der Waals surface area (Å²) in [6.07, 6.45) is 0.701. The minimum absolute atomic E-state index is 0.0463. The zero-order valence-corrected chi connectivity index (χ0v) is 12.4. The highest BCUT2D eigenvalue weighted by Crippen LogP contribution is 2.22. The standard InChI is InChI=1S/C13H14ClF2N3S/c1-2-17-12-9(15)7-10(16)13(19-12)18-6-5-8-3-4-11(14)20-8/h3-4,7H,2,5-6H2,1H3,(H2,17,18,19). The average molecular weight is 318 g/mol. The first-order valence-electron chi connectivity index (χ1n) is 6.18. The molecule has 2 rings (SSSR count). The van der Waals surface area contributed by atoms with Gasteiger partial charge in [-0.05, 0) is 25.5 Å². The number of thiophene rings is 1. The van der Waals surface area contributed by atoms with Crippen LogP contribution in [0.2, 0.25) is 4.34 Å². The molecule has 2 aromatic rings. The van der Waals surface area contributed by atoms with Crippen molar-refractivity contribution in [1.82, 2.24) is 4.98 Å². The monoisotopic (exact) mass is 317 g/mol. The van der Waals surface area contributed by atoms with Gasteiger partial charge in [-0.25, -0.2) is 13.8 Å². The van der Waals surface area contributed by atoms with Crippen molar-refractivity contribution in [3.63, 3.8) is 0 Å². The number of hydrogen-bond donors (Lipinski definition) is 2. The maximum absolute atomic E-state index is 13.6. The quantitative estimate of drug-likeness (QED) is 0.840. The molecule has 0 atom stereocenters. The van der Waals surface area contributed by atoms with Crippen molar-refractivity contribution in [2.24, 2.45) is 0 Å². The largest absolute Gasteiger partial charge is 0.368 e. The fourth-order valence-electron chi connectivity index (χ4n) is 1.67. The van der Waals surface area contributed by atoms with Crippen LogP contribution in [0.4, 0.5) is 20.4 Å². The third kappa shape index (κ3) is 3.80. The van der Waals surface area contributed by atoms with Crippen molar-refractivity contribution in [1.29, 1.82) is 0 Å². The number of nitrogens with zero attached hydrogens (tertiary/aromatic N) is 1. The first-order valence-corrected chi connectivity index (χ1v) is 7.37. The van der Waals surface area contributed by atoms with Crippen LogP contribution in [-0.4, -0.2) is 18.1 Å². The molecular formula is C13H14ClF2N3S. The van der Waals surface area contributed by atoms with Crippen molar-refractivity contribution in [2.75, 3.05) is 23.7 Å². The van der Waals surface area contributed by atoms with Crippen molar-refractivity contribution in [2.45, 2.75) is 13.3 Å². The Morgan fingerprint density at radius 3 is 2.50 bits per heavy atom. The average Bonchev–Trinajstić information content (AvgIpc) is 2.81. The van der Waals surface area contributed by atoms with Crippen LogP contribution in [0, 0.1) is 11.6 Å². The molecule has 2 N–H and O–H groups in total. The van der Waals surface area contributed by atoms with Gasteiger partial charge in [-0.2, -0.15) is 0 Å². The van der Waals surface area contributed by atoms with Gasteiger partial charge in [0.1, 0.15) is 0 Å². The predicted octanol–water partition coefficient (Wildman–Crippen LogP) is 4.16. The highest BCUT2D eigenvalue weighted by Gasteiger charge is 2.11. The summed E-state index contributed by atoms with van der Waals surface area (Å²) in [6.45, 7) is 2.83. The topological polar surface area (TPSA) is 37.0 Å². The van der Waals surface area contributed by atoms with Gasteiger partial charge in [0, 0.05) is 24.0 Å². The van der Waals surface area contributed by atoms with Gasteiger partial charge in [-0.1, -0.05) is 11.6 Å². The third-order valence-corrected chi connectivity index (χ3v) is 3.86. The summed E-state index contributed by atoms with van der Waals surface area (Å²) in [5.74, 6) is -1.30. The first kappa shape index (κ1) is 15.0. The number of pyridine rings is 1. The van der Waals surface area contributed by atoms with E-state index in [0.29, 0.717) is 19.5 Å². The zero-order valence-electron chi connectivity index (χ0n) is 10.8. The minimum atomic E-state index is -0.701. The molecule has 0 aliphatic heterocycles. The van der Waals surface area contributed by atoms with E-state index in [2.05, 4.69) is 15.6 Å². The molecular weight excluding hydrogens is 304 g/mol. The smallest absolute Gasteiger partial charge is 0.168 e. The molecule has 0 unspecified atom stereocenters. The molecule has 0 aliphatic carbocycles. The molecule has 2 aromatic heterocycles. The molecule has 3 nitrogen and oxygen atoms in total. The van der Waals surface area contributed by atoms with Gasteiger partial charge in [-0.3, -0.25) is 0 Å². The van der Waals surface area contributed by atoms with Crippen LogP contribution in [0.15, 0.2) is 18.2 Å². The van der Waals surface area contributed by atoms with E-state index >= 15 is 0 Å². The third-order valence-electron chi connectivity index (χ3n) is 2.57. The summed E-state index contributed by atoms with van der Waals surface area (Å²) in [5.41, 5.74) is 0. The lowest BCUT2D eigenvalue weighted by molar-refractivity contribution is 0.578. The van der Waals surface area contributed by atoms with E-state index in [1.54, 1.807) is 0 Å². The maximum Gasteiger partial charge on any atom is 0.168 e. The summed E-state index contributed by atoms with van der Waals surface area (Å²) in [5, 5.41) is 5.61. The van der Waals surface area contributed by atoms with Gasteiger partial charge in [0.25, 0.3) is 0 Å². The van der Waals surface area contributed by atoms with Crippen molar-refractivity contribution >= 4 is 34.6 Å². The highest BCUT2D eigenvalue weighted by atomic mass is 35.5. The molecule has 0 amide bonds. The van der Waals surface area contributed by atoms with Crippen LogP contribution in [0.3, 0.4) is 0 Å². The second kappa shape index (κ2) is 6.85. The van der Waals surface area contributed by atoms with Crippen LogP contribution in [-0.2, 0) is 6.42 Å². The van der Waals surface area contributed by atoms with Gasteiger partial charge in [0.15, 0.2) is 23.3 Å². The van der Waals surface area contributed by atoms with Crippen LogP contribution in [0.5, 0.6) is 0 Å². The molecule has 0 spiro atoms.